The molecule has 2 aromatic carbocycles. The molecule has 1 aromatic heterocycles. The molecule has 0 saturated heterocycles. The molecule has 6 heteroatoms. The standard InChI is InChI=1S/C18H14F3NO2/c1-2-24-17(23)15-10-11-6-5-8-13(16(11)22-15)12-7-3-4-9-14(12)18(19,20)21/h3-10,22H,2H2,1H3. The molecule has 0 fully saturated rings. The number of carbonyl (C=O) groups is 1. The van der Waals surface area contributed by atoms with Gasteiger partial charge in [-0.1, -0.05) is 36.4 Å². The fourth-order valence-corrected chi connectivity index (χ4v) is 2.66. The average molecular weight is 333 g/mol. The van der Waals surface area contributed by atoms with Gasteiger partial charge in [0.05, 0.1) is 17.7 Å². The third-order valence-corrected chi connectivity index (χ3v) is 3.67. The largest absolute Gasteiger partial charge is 0.461 e. The number of para-hydroxylation sites is 1. The van der Waals surface area contributed by atoms with Crippen LogP contribution in [0.5, 0.6) is 0 Å². The third kappa shape index (κ3) is 2.87. The van der Waals surface area contributed by atoms with E-state index >= 15 is 0 Å². The van der Waals surface area contributed by atoms with Crippen molar-refractivity contribution in [3.63, 3.8) is 0 Å². The van der Waals surface area contributed by atoms with E-state index < -0.39 is 17.7 Å². The minimum atomic E-state index is -4.46. The molecule has 0 bridgehead atoms. The quantitative estimate of drug-likeness (QED) is 0.683. The lowest BCUT2D eigenvalue weighted by atomic mass is 9.97. The van der Waals surface area contributed by atoms with Crippen molar-refractivity contribution in [1.29, 1.82) is 0 Å². The van der Waals surface area contributed by atoms with Gasteiger partial charge in [0, 0.05) is 10.9 Å². The number of hydrogen-bond donors (Lipinski definition) is 1. The van der Waals surface area contributed by atoms with Crippen molar-refractivity contribution >= 4 is 16.9 Å². The first-order chi connectivity index (χ1) is 11.4. The predicted octanol–water partition coefficient (Wildman–Crippen LogP) is 5.03. The molecule has 0 amide bonds. The first-order valence-corrected chi connectivity index (χ1v) is 7.37. The van der Waals surface area contributed by atoms with Gasteiger partial charge < -0.3 is 9.72 Å². The fraction of sp³-hybridized carbons (Fsp3) is 0.167. The monoisotopic (exact) mass is 333 g/mol. The Balaban J connectivity index is 2.20. The smallest absolute Gasteiger partial charge is 0.417 e. The van der Waals surface area contributed by atoms with E-state index in [1.807, 2.05) is 0 Å². The van der Waals surface area contributed by atoms with E-state index in [4.69, 9.17) is 4.74 Å². The number of ether oxygens (including phenoxy) is 1. The topological polar surface area (TPSA) is 42.1 Å². The molecular formula is C18H14F3NO2. The van der Waals surface area contributed by atoms with Gasteiger partial charge in [-0.15, -0.1) is 0 Å². The highest BCUT2D eigenvalue weighted by molar-refractivity contribution is 6.00. The molecular weight excluding hydrogens is 319 g/mol. The molecule has 124 valence electrons. The number of aromatic nitrogens is 1. The van der Waals surface area contributed by atoms with Crippen molar-refractivity contribution in [3.05, 3.63) is 59.8 Å². The number of esters is 1. The van der Waals surface area contributed by atoms with E-state index in [1.54, 1.807) is 37.3 Å². The number of aromatic amines is 1. The molecule has 3 rings (SSSR count). The minimum absolute atomic E-state index is 0.0628. The first kappa shape index (κ1) is 16.1. The van der Waals surface area contributed by atoms with Crippen LogP contribution < -0.4 is 0 Å². The number of carbonyl (C=O) groups excluding carboxylic acids is 1. The number of alkyl halides is 3. The normalized spacial score (nSPS) is 11.7. The van der Waals surface area contributed by atoms with Crippen LogP contribution in [0.4, 0.5) is 13.2 Å². The number of halogens is 3. The number of H-pyrrole nitrogens is 1. The summed E-state index contributed by atoms with van der Waals surface area (Å²) in [6.07, 6.45) is -4.46. The van der Waals surface area contributed by atoms with Gasteiger partial charge in [-0.3, -0.25) is 0 Å². The van der Waals surface area contributed by atoms with Crippen LogP contribution in [0, 0.1) is 0 Å². The zero-order valence-corrected chi connectivity index (χ0v) is 12.8. The van der Waals surface area contributed by atoms with Crippen LogP contribution in [0.1, 0.15) is 23.0 Å². The van der Waals surface area contributed by atoms with Gasteiger partial charge in [-0.2, -0.15) is 13.2 Å². The van der Waals surface area contributed by atoms with Crippen LogP contribution in [0.3, 0.4) is 0 Å². The molecule has 3 nitrogen and oxygen atoms in total. The predicted molar refractivity (Wildman–Crippen MR) is 84.7 cm³/mol. The second-order valence-corrected chi connectivity index (χ2v) is 5.22. The lowest BCUT2D eigenvalue weighted by Gasteiger charge is -2.13. The summed E-state index contributed by atoms with van der Waals surface area (Å²) < 4.78 is 44.8. The van der Waals surface area contributed by atoms with Gasteiger partial charge in [0.2, 0.25) is 0 Å². The van der Waals surface area contributed by atoms with Crippen molar-refractivity contribution in [2.75, 3.05) is 6.61 Å². The van der Waals surface area contributed by atoms with Crippen molar-refractivity contribution in [3.8, 4) is 11.1 Å². The van der Waals surface area contributed by atoms with Gasteiger partial charge >= 0.3 is 12.1 Å². The number of benzene rings is 2. The maximum absolute atomic E-state index is 13.3. The van der Waals surface area contributed by atoms with Crippen molar-refractivity contribution < 1.29 is 22.7 Å². The molecule has 1 heterocycles. The molecule has 0 aliphatic heterocycles. The highest BCUT2D eigenvalue weighted by Crippen LogP contribution is 2.39. The number of rotatable bonds is 3. The van der Waals surface area contributed by atoms with E-state index in [0.717, 1.165) is 6.07 Å². The van der Waals surface area contributed by atoms with E-state index in [2.05, 4.69) is 4.98 Å². The van der Waals surface area contributed by atoms with Gasteiger partial charge in [0.15, 0.2) is 0 Å². The SMILES string of the molecule is CCOC(=O)c1cc2cccc(-c3ccccc3C(F)(F)F)c2[nH]1. The Hall–Kier alpha value is -2.76. The minimum Gasteiger partial charge on any atom is -0.461 e. The summed E-state index contributed by atoms with van der Waals surface area (Å²) in [7, 11) is 0. The molecule has 1 N–H and O–H groups in total. The molecule has 0 atom stereocenters. The Labute approximate surface area is 136 Å². The highest BCUT2D eigenvalue weighted by Gasteiger charge is 2.33. The van der Waals surface area contributed by atoms with Crippen LogP contribution in [0.25, 0.3) is 22.0 Å². The summed E-state index contributed by atoms with van der Waals surface area (Å²) >= 11 is 0. The molecule has 0 spiro atoms. The summed E-state index contributed by atoms with van der Waals surface area (Å²) in [6, 6.07) is 11.9. The molecule has 0 saturated carbocycles. The average Bonchev–Trinajstić information content (AvgIpc) is 2.98. The zero-order chi connectivity index (χ0) is 17.3. The lowest BCUT2D eigenvalue weighted by Crippen LogP contribution is -2.07. The Bertz CT molecular complexity index is 897. The van der Waals surface area contributed by atoms with E-state index in [0.29, 0.717) is 16.5 Å². The second-order valence-electron chi connectivity index (χ2n) is 5.22. The van der Waals surface area contributed by atoms with Crippen LogP contribution in [-0.4, -0.2) is 17.6 Å². The molecule has 24 heavy (non-hydrogen) atoms. The van der Waals surface area contributed by atoms with Crippen molar-refractivity contribution in [2.45, 2.75) is 13.1 Å². The third-order valence-electron chi connectivity index (χ3n) is 3.67. The molecule has 0 radical (unpaired) electrons. The number of hydrogen-bond acceptors (Lipinski definition) is 2. The summed E-state index contributed by atoms with van der Waals surface area (Å²) in [5.41, 5.74) is 0.412. The molecule has 0 aliphatic carbocycles. The summed E-state index contributed by atoms with van der Waals surface area (Å²) in [6.45, 7) is 1.91. The van der Waals surface area contributed by atoms with Crippen LogP contribution in [0.15, 0.2) is 48.5 Å². The molecule has 0 unspecified atom stereocenters. The van der Waals surface area contributed by atoms with E-state index in [1.165, 1.54) is 12.1 Å². The summed E-state index contributed by atoms with van der Waals surface area (Å²) in [5.74, 6) is -0.538. The van der Waals surface area contributed by atoms with Gasteiger partial charge in [-0.05, 0) is 24.6 Å². The van der Waals surface area contributed by atoms with E-state index in [-0.39, 0.29) is 17.9 Å². The number of nitrogens with one attached hydrogen (secondary N) is 1. The van der Waals surface area contributed by atoms with Crippen LogP contribution in [0.2, 0.25) is 0 Å². The Kier molecular flexibility index (Phi) is 4.05. The number of fused-ring (bicyclic) bond motifs is 1. The zero-order valence-electron chi connectivity index (χ0n) is 12.8. The molecule has 0 aliphatic rings. The van der Waals surface area contributed by atoms with Gasteiger partial charge in [-0.25, -0.2) is 4.79 Å². The van der Waals surface area contributed by atoms with Gasteiger partial charge in [0.25, 0.3) is 0 Å². The van der Waals surface area contributed by atoms with E-state index in [9.17, 15) is 18.0 Å². The van der Waals surface area contributed by atoms with Crippen molar-refractivity contribution in [1.82, 2.24) is 4.98 Å². The van der Waals surface area contributed by atoms with Crippen LogP contribution >= 0.6 is 0 Å². The fourth-order valence-electron chi connectivity index (χ4n) is 2.66. The van der Waals surface area contributed by atoms with Crippen molar-refractivity contribution in [2.24, 2.45) is 0 Å². The summed E-state index contributed by atoms with van der Waals surface area (Å²) in [5, 5.41) is 0.646. The Morgan fingerprint density at radius 3 is 2.50 bits per heavy atom. The second kappa shape index (κ2) is 6.03. The summed E-state index contributed by atoms with van der Waals surface area (Å²) in [4.78, 5) is 14.7. The maximum Gasteiger partial charge on any atom is 0.417 e. The lowest BCUT2D eigenvalue weighted by molar-refractivity contribution is -0.137. The highest BCUT2D eigenvalue weighted by atomic mass is 19.4. The Morgan fingerprint density at radius 2 is 1.79 bits per heavy atom. The Morgan fingerprint density at radius 1 is 1.08 bits per heavy atom. The molecule has 3 aromatic rings. The first-order valence-electron chi connectivity index (χ1n) is 7.37. The maximum atomic E-state index is 13.3. The van der Waals surface area contributed by atoms with Crippen LogP contribution in [-0.2, 0) is 10.9 Å². The van der Waals surface area contributed by atoms with Gasteiger partial charge in [0.1, 0.15) is 5.69 Å².